The molecule has 1 aromatic carbocycles. The maximum Gasteiger partial charge on any atom is 0.371 e. The molecule has 2 unspecified atom stereocenters. The first-order valence-electron chi connectivity index (χ1n) is 15.7. The summed E-state index contributed by atoms with van der Waals surface area (Å²) < 4.78 is 21.3. The Kier molecular flexibility index (Phi) is 15.5. The molecule has 1 aliphatic heterocycles. The van der Waals surface area contributed by atoms with E-state index >= 15 is 0 Å². The predicted octanol–water partition coefficient (Wildman–Crippen LogP) is 0.817. The summed E-state index contributed by atoms with van der Waals surface area (Å²) in [5.74, 6) is -4.44. The number of nitrogens with one attached hydrogen (secondary N) is 3. The normalized spacial score (nSPS) is 18.3. The number of rotatable bonds is 18. The second kappa shape index (κ2) is 18.5. The molecule has 0 aromatic heterocycles. The Morgan fingerprint density at radius 3 is 2.37 bits per heavy atom. The SMILES string of the molecule is [B]C(=O)OCc1ccc(OC2OC(C(=O)O)=CC(O)[C@H]2O)c(NC(=O)CCNC(=O)[C@@H](N)CCCCNC(=O)C(C)(C)COC(C)(C)C)c1. The lowest BCUT2D eigenvalue weighted by Gasteiger charge is -2.31. The summed E-state index contributed by atoms with van der Waals surface area (Å²) in [6.07, 6.45) is -2.78. The van der Waals surface area contributed by atoms with E-state index in [-0.39, 0.29) is 49.1 Å². The number of amides is 3. The zero-order chi connectivity index (χ0) is 36.9. The molecule has 16 nitrogen and oxygen atoms in total. The Labute approximate surface area is 286 Å². The van der Waals surface area contributed by atoms with Crippen LogP contribution in [0.3, 0.4) is 0 Å². The number of unbranched alkanes of at least 4 members (excludes halogenated alkanes) is 1. The van der Waals surface area contributed by atoms with Crippen molar-refractivity contribution in [1.29, 1.82) is 0 Å². The Morgan fingerprint density at radius 2 is 1.73 bits per heavy atom. The van der Waals surface area contributed by atoms with E-state index in [0.717, 1.165) is 6.08 Å². The number of nitrogens with two attached hydrogens (primary N) is 1. The lowest BCUT2D eigenvalue weighted by molar-refractivity contribution is -0.172. The first-order valence-corrected chi connectivity index (χ1v) is 15.7. The van der Waals surface area contributed by atoms with Gasteiger partial charge >= 0.3 is 5.97 Å². The molecule has 0 fully saturated rings. The van der Waals surface area contributed by atoms with Crippen LogP contribution in [0, 0.1) is 5.41 Å². The highest BCUT2D eigenvalue weighted by molar-refractivity contribution is 6.55. The van der Waals surface area contributed by atoms with Gasteiger partial charge < -0.3 is 56.0 Å². The Balaban J connectivity index is 1.87. The number of carbonyl (C=O) groups is 5. The molecule has 1 heterocycles. The minimum Gasteiger partial charge on any atom is -0.475 e. The van der Waals surface area contributed by atoms with Crippen molar-refractivity contribution in [2.75, 3.05) is 25.0 Å². The molecule has 49 heavy (non-hydrogen) atoms. The van der Waals surface area contributed by atoms with Crippen LogP contribution < -0.4 is 26.4 Å². The topological polar surface area (TPSA) is 245 Å². The van der Waals surface area contributed by atoms with Crippen molar-refractivity contribution in [3.63, 3.8) is 0 Å². The predicted molar refractivity (Wildman–Crippen MR) is 176 cm³/mol. The number of aliphatic hydroxyl groups excluding tert-OH is 2. The smallest absolute Gasteiger partial charge is 0.371 e. The Hall–Kier alpha value is -4.19. The molecule has 3 amide bonds. The molecular weight excluding hydrogens is 643 g/mol. The van der Waals surface area contributed by atoms with E-state index < -0.39 is 59.4 Å². The van der Waals surface area contributed by atoms with E-state index in [2.05, 4.69) is 16.0 Å². The van der Waals surface area contributed by atoms with Gasteiger partial charge in [-0.25, -0.2) is 4.79 Å². The van der Waals surface area contributed by atoms with Gasteiger partial charge in [-0.2, -0.15) is 0 Å². The number of hydrogen-bond acceptors (Lipinski definition) is 12. The maximum atomic E-state index is 12.8. The average Bonchev–Trinajstić information content (AvgIpc) is 3.01. The summed E-state index contributed by atoms with van der Waals surface area (Å²) in [6.45, 7) is 9.74. The van der Waals surface area contributed by atoms with Crippen LogP contribution in [0.4, 0.5) is 10.5 Å². The van der Waals surface area contributed by atoms with E-state index in [1.165, 1.54) is 18.2 Å². The monoisotopic (exact) mass is 690 g/mol. The molecule has 270 valence electrons. The quantitative estimate of drug-likeness (QED) is 0.0834. The molecule has 17 heteroatoms. The molecule has 0 saturated heterocycles. The lowest BCUT2D eigenvalue weighted by Crippen LogP contribution is -2.46. The van der Waals surface area contributed by atoms with Crippen molar-refractivity contribution in [1.82, 2.24) is 10.6 Å². The van der Waals surface area contributed by atoms with Crippen molar-refractivity contribution in [2.24, 2.45) is 11.1 Å². The number of hydrogen-bond donors (Lipinski definition) is 7. The van der Waals surface area contributed by atoms with Crippen LogP contribution in [-0.2, 0) is 40.0 Å². The van der Waals surface area contributed by atoms with Gasteiger partial charge in [-0.3, -0.25) is 19.2 Å². The van der Waals surface area contributed by atoms with Gasteiger partial charge in [-0.05, 0) is 77.7 Å². The summed E-state index contributed by atoms with van der Waals surface area (Å²) in [7, 11) is 5.03. The number of aliphatic hydroxyl groups is 2. The van der Waals surface area contributed by atoms with Gasteiger partial charge in [0.2, 0.25) is 37.2 Å². The zero-order valence-electron chi connectivity index (χ0n) is 28.4. The molecule has 0 aliphatic carbocycles. The number of carboxylic acids is 1. The summed E-state index contributed by atoms with van der Waals surface area (Å²) >= 11 is 0. The number of benzene rings is 1. The first kappa shape index (κ1) is 41.0. The van der Waals surface area contributed by atoms with Crippen LogP contribution in [0.1, 0.15) is 65.9 Å². The number of anilines is 1. The molecule has 4 atom stereocenters. The third-order valence-electron chi connectivity index (χ3n) is 7.04. The molecule has 8 N–H and O–H groups in total. The minimum atomic E-state index is -1.67. The highest BCUT2D eigenvalue weighted by atomic mass is 16.7. The highest BCUT2D eigenvalue weighted by Gasteiger charge is 2.37. The second-order valence-electron chi connectivity index (χ2n) is 13.1. The third-order valence-corrected chi connectivity index (χ3v) is 7.04. The van der Waals surface area contributed by atoms with Gasteiger partial charge in [0.1, 0.15) is 18.5 Å². The largest absolute Gasteiger partial charge is 0.475 e. The van der Waals surface area contributed by atoms with Crippen LogP contribution in [0.2, 0.25) is 0 Å². The van der Waals surface area contributed by atoms with Crippen LogP contribution in [-0.4, -0.2) is 103 Å². The van der Waals surface area contributed by atoms with Gasteiger partial charge in [0.25, 0.3) is 6.29 Å². The van der Waals surface area contributed by atoms with Crippen molar-refractivity contribution in [3.8, 4) is 5.75 Å². The van der Waals surface area contributed by atoms with Gasteiger partial charge in [0, 0.05) is 19.5 Å². The second-order valence-corrected chi connectivity index (χ2v) is 13.1. The van der Waals surface area contributed by atoms with E-state index in [9.17, 15) is 39.3 Å². The van der Waals surface area contributed by atoms with E-state index in [4.69, 9.17) is 32.5 Å². The average molecular weight is 691 g/mol. The number of aliphatic carboxylic acids is 1. The van der Waals surface area contributed by atoms with Crippen LogP contribution >= 0.6 is 0 Å². The molecule has 2 rings (SSSR count). The fraction of sp³-hybridized carbons (Fsp3) is 0.594. The standard InChI is InChI=1S/C32H47BN4O12/c1-31(2,3)47-17-32(4,5)29(44)36-12-7-6-8-19(34)26(41)35-13-11-24(39)37-20-14-18(16-46-30(33)45)9-10-22(20)48-28-25(40)21(38)15-23(49-28)27(42)43/h9-10,14-15,19,21,25,28,38,40H,6-8,11-13,16-17,34H2,1-5H3,(H,35,41)(H,36,44)(H,37,39)(H,42,43)/t19-,21?,25+,28?/m0/s1. The van der Waals surface area contributed by atoms with Crippen molar-refractivity contribution < 1.29 is 58.2 Å². The summed E-state index contributed by atoms with van der Waals surface area (Å²) in [5.41, 5.74) is 5.35. The molecule has 0 saturated carbocycles. The summed E-state index contributed by atoms with van der Waals surface area (Å²) in [4.78, 5) is 60.2. The molecule has 2 radical (unpaired) electrons. The zero-order valence-corrected chi connectivity index (χ0v) is 28.4. The third kappa shape index (κ3) is 14.4. The lowest BCUT2D eigenvalue weighted by atomic mass is 9.93. The number of ether oxygens (including phenoxy) is 4. The van der Waals surface area contributed by atoms with Crippen molar-refractivity contribution in [2.45, 2.75) is 97.0 Å². The van der Waals surface area contributed by atoms with Gasteiger partial charge in [-0.1, -0.05) is 6.07 Å². The first-order chi connectivity index (χ1) is 22.8. The van der Waals surface area contributed by atoms with Crippen molar-refractivity contribution >= 4 is 43.1 Å². The highest BCUT2D eigenvalue weighted by Crippen LogP contribution is 2.30. The maximum absolute atomic E-state index is 12.8. The van der Waals surface area contributed by atoms with Gasteiger partial charge in [0.15, 0.2) is 6.10 Å². The fourth-order valence-electron chi connectivity index (χ4n) is 4.18. The van der Waals surface area contributed by atoms with E-state index in [1.807, 2.05) is 20.8 Å². The number of carboxylic acid groups (broad SMARTS) is 1. The van der Waals surface area contributed by atoms with E-state index in [1.54, 1.807) is 13.8 Å². The van der Waals surface area contributed by atoms with E-state index in [0.29, 0.717) is 31.4 Å². The minimum absolute atomic E-state index is 0.0209. The Bertz CT molecular complexity index is 1360. The molecular formula is C32H47BN4O12. The molecule has 0 bridgehead atoms. The molecule has 1 aliphatic rings. The van der Waals surface area contributed by atoms with Crippen molar-refractivity contribution in [3.05, 3.63) is 35.6 Å². The summed E-state index contributed by atoms with van der Waals surface area (Å²) in [6, 6.07) is 3.34. The van der Waals surface area contributed by atoms with Crippen LogP contribution in [0.5, 0.6) is 5.75 Å². The number of carbonyl (C=O) groups excluding carboxylic acids is 4. The van der Waals surface area contributed by atoms with Crippen LogP contribution in [0.15, 0.2) is 30.0 Å². The van der Waals surface area contributed by atoms with Crippen LogP contribution in [0.25, 0.3) is 0 Å². The fourth-order valence-corrected chi connectivity index (χ4v) is 4.18. The van der Waals surface area contributed by atoms with Gasteiger partial charge in [-0.15, -0.1) is 0 Å². The molecule has 1 aromatic rings. The Morgan fingerprint density at radius 1 is 1.04 bits per heavy atom. The van der Waals surface area contributed by atoms with Gasteiger partial charge in [0.05, 0.1) is 29.4 Å². The molecule has 0 spiro atoms. The summed E-state index contributed by atoms with van der Waals surface area (Å²) in [5, 5.41) is 37.6.